The molecule has 30 rings (SSSR count). The SMILES string of the molecule is c1ccc2cc(-c3ccc(-c4nc(-c5ccc6ccccc6c5)nc(-c5cccc6oc7cc8ccccc8cc7c56)n4)cc3)ccc2c1.c1ccc2cc(-c3nc(-c4ccc(-c5cccc6ccccc56)cc4)nc(-c4ccc5c(c4)oc4cc6ccccc6cc45)n3)ccc2c1.c1ccc2cc(-c3nc(-c4ccc(-c5cccc6ccccc56)cc4)nc(-c4cccc5c4oc4cc6ccccc6cc45)n3)ccc2c1. The first-order valence-electron chi connectivity index (χ1n) is 49.3. The van der Waals surface area contributed by atoms with Crippen LogP contribution in [0.3, 0.4) is 0 Å². The van der Waals surface area contributed by atoms with E-state index in [0.717, 1.165) is 170 Å². The average molecular weight is 1880 g/mol. The monoisotopic (exact) mass is 1880 g/mol. The highest BCUT2D eigenvalue weighted by molar-refractivity contribution is 6.17. The molecular formula is C135H81N9O3. The number of nitrogens with zero attached hydrogens (tertiary/aromatic N) is 9. The van der Waals surface area contributed by atoms with E-state index in [2.05, 4.69) is 467 Å². The molecule has 0 aliphatic heterocycles. The van der Waals surface area contributed by atoms with Gasteiger partial charge in [-0.2, -0.15) is 0 Å². The van der Waals surface area contributed by atoms with Crippen LogP contribution in [0.4, 0.5) is 0 Å². The molecule has 0 amide bonds. The maximum absolute atomic E-state index is 6.59. The Morgan fingerprint density at radius 3 is 0.816 bits per heavy atom. The van der Waals surface area contributed by atoms with Crippen LogP contribution in [0.1, 0.15) is 0 Å². The minimum Gasteiger partial charge on any atom is -0.456 e. The third-order valence-electron chi connectivity index (χ3n) is 28.5. The van der Waals surface area contributed by atoms with Crippen molar-refractivity contribution in [1.29, 1.82) is 0 Å². The molecule has 0 spiro atoms. The van der Waals surface area contributed by atoms with Gasteiger partial charge in [0.25, 0.3) is 0 Å². The van der Waals surface area contributed by atoms with Gasteiger partial charge in [-0.25, -0.2) is 44.9 Å². The summed E-state index contributed by atoms with van der Waals surface area (Å²) >= 11 is 0. The first kappa shape index (κ1) is 85.1. The molecule has 12 nitrogen and oxygen atoms in total. The second-order valence-electron chi connectivity index (χ2n) is 37.4. The van der Waals surface area contributed by atoms with E-state index < -0.39 is 0 Å². The Labute approximate surface area is 842 Å². The number of rotatable bonds is 12. The molecule has 12 heteroatoms. The fraction of sp³-hybridized carbons (Fsp3) is 0. The number of hydrogen-bond acceptors (Lipinski definition) is 12. The van der Waals surface area contributed by atoms with Crippen molar-refractivity contribution in [2.75, 3.05) is 0 Å². The maximum atomic E-state index is 6.59. The minimum absolute atomic E-state index is 0.570. The molecule has 684 valence electrons. The first-order chi connectivity index (χ1) is 72.7. The second-order valence-corrected chi connectivity index (χ2v) is 37.4. The summed E-state index contributed by atoms with van der Waals surface area (Å²) in [6.07, 6.45) is 0. The van der Waals surface area contributed by atoms with Gasteiger partial charge in [-0.15, -0.1) is 0 Å². The summed E-state index contributed by atoms with van der Waals surface area (Å²) < 4.78 is 19.4. The lowest BCUT2D eigenvalue weighted by Gasteiger charge is -2.11. The molecule has 0 aliphatic rings. The van der Waals surface area contributed by atoms with E-state index in [9.17, 15) is 0 Å². The van der Waals surface area contributed by atoms with Crippen LogP contribution >= 0.6 is 0 Å². The smallest absolute Gasteiger partial charge is 0.167 e. The van der Waals surface area contributed by atoms with Crippen LogP contribution in [0.25, 0.3) is 299 Å². The van der Waals surface area contributed by atoms with Crippen LogP contribution in [-0.4, -0.2) is 44.9 Å². The van der Waals surface area contributed by atoms with Crippen LogP contribution in [0.15, 0.2) is 505 Å². The molecule has 24 aromatic carbocycles. The van der Waals surface area contributed by atoms with Crippen molar-refractivity contribution >= 4 is 163 Å². The Bertz CT molecular complexity index is 10500. The van der Waals surface area contributed by atoms with Gasteiger partial charge >= 0.3 is 0 Å². The van der Waals surface area contributed by atoms with Crippen molar-refractivity contribution in [3.05, 3.63) is 491 Å². The lowest BCUT2D eigenvalue weighted by Crippen LogP contribution is -2.00. The van der Waals surface area contributed by atoms with Gasteiger partial charge in [0, 0.05) is 76.8 Å². The van der Waals surface area contributed by atoms with Crippen LogP contribution in [0, 0.1) is 0 Å². The normalized spacial score (nSPS) is 11.7. The van der Waals surface area contributed by atoms with Gasteiger partial charge < -0.3 is 13.3 Å². The molecule has 0 atom stereocenters. The van der Waals surface area contributed by atoms with Crippen molar-refractivity contribution in [2.24, 2.45) is 0 Å². The molecule has 0 aliphatic carbocycles. The highest BCUT2D eigenvalue weighted by Gasteiger charge is 2.25. The summed E-state index contributed by atoms with van der Waals surface area (Å²) in [5, 5.41) is 27.6. The predicted octanol–water partition coefficient (Wildman–Crippen LogP) is 35.7. The zero-order valence-corrected chi connectivity index (χ0v) is 79.0. The molecule has 147 heavy (non-hydrogen) atoms. The Hall–Kier alpha value is -20.0. The summed E-state index contributed by atoms with van der Waals surface area (Å²) in [6.45, 7) is 0. The van der Waals surface area contributed by atoms with Gasteiger partial charge in [-0.05, 0) is 215 Å². The quantitative estimate of drug-likeness (QED) is 0.114. The number of hydrogen-bond donors (Lipinski definition) is 0. The van der Waals surface area contributed by atoms with E-state index >= 15 is 0 Å². The van der Waals surface area contributed by atoms with E-state index in [4.69, 9.17) is 58.1 Å². The average Bonchev–Trinajstić information content (AvgIpc) is 1.60. The molecule has 6 aromatic heterocycles. The number of para-hydroxylation sites is 1. The number of benzene rings is 24. The van der Waals surface area contributed by atoms with Gasteiger partial charge in [0.1, 0.15) is 33.5 Å². The molecule has 0 saturated carbocycles. The maximum Gasteiger partial charge on any atom is 0.167 e. The van der Waals surface area contributed by atoms with Crippen molar-refractivity contribution in [1.82, 2.24) is 44.9 Å². The second kappa shape index (κ2) is 35.7. The Balaban J connectivity index is 0.000000107. The van der Waals surface area contributed by atoms with Crippen LogP contribution in [0.5, 0.6) is 0 Å². The Morgan fingerprint density at radius 1 is 0.116 bits per heavy atom. The zero-order valence-electron chi connectivity index (χ0n) is 79.0. The van der Waals surface area contributed by atoms with Crippen LogP contribution < -0.4 is 0 Å². The van der Waals surface area contributed by atoms with Gasteiger partial charge in [-0.1, -0.05) is 406 Å². The van der Waals surface area contributed by atoms with E-state index in [-0.39, 0.29) is 0 Å². The number of aromatic nitrogens is 9. The van der Waals surface area contributed by atoms with Gasteiger partial charge in [-0.3, -0.25) is 0 Å². The van der Waals surface area contributed by atoms with Crippen molar-refractivity contribution < 1.29 is 13.3 Å². The fourth-order valence-corrected chi connectivity index (χ4v) is 20.9. The van der Waals surface area contributed by atoms with E-state index in [1.54, 1.807) is 0 Å². The Kier molecular flexibility index (Phi) is 20.6. The standard InChI is InChI=1S/3C45H27N3O/c1-3-10-32-24-36(22-18-28(32)8-1)30-16-20-31(21-17-30)43-46-44(37-23-19-29-9-2-4-11-33(29)25-37)48-45(47-43)38-14-7-15-40-42(38)39-26-34-12-5-6-13-35(34)27-41(39)49-40;1-2-11-32-25-35(24-19-28(32)9-1)44-46-43(31-22-20-30(21-23-31)37-16-7-14-29-10-5-6-15-36(29)37)47-45(48-44)39-18-8-17-38-40-26-33-12-3-4-13-34(33)27-41(40)49-42(38)39;1-2-10-32-24-35(21-16-28(32)8-1)44-46-43(31-19-17-30(18-20-31)38-15-7-13-29-9-5-6-14-37(29)38)47-45(48-44)36-22-23-39-40-25-33-11-3-4-12-34(33)26-42(40)49-41(39)27-36/h3*1-27H. The number of furan rings is 3. The van der Waals surface area contributed by atoms with Gasteiger partial charge in [0.2, 0.25) is 0 Å². The fourth-order valence-electron chi connectivity index (χ4n) is 20.9. The molecule has 0 N–H and O–H groups in total. The summed E-state index contributed by atoms with van der Waals surface area (Å²) in [6, 6.07) is 171. The van der Waals surface area contributed by atoms with Crippen LogP contribution in [-0.2, 0) is 0 Å². The zero-order chi connectivity index (χ0) is 96.9. The van der Waals surface area contributed by atoms with Crippen molar-refractivity contribution in [3.8, 4) is 136 Å². The molecule has 6 heterocycles. The largest absolute Gasteiger partial charge is 0.456 e. The first-order valence-corrected chi connectivity index (χ1v) is 49.3. The highest BCUT2D eigenvalue weighted by atomic mass is 16.3. The summed E-state index contributed by atoms with van der Waals surface area (Å²) in [5.41, 5.74) is 20.1. The summed E-state index contributed by atoms with van der Waals surface area (Å²) in [5.74, 6) is 5.48. The molecular weight excluding hydrogens is 1800 g/mol. The topological polar surface area (TPSA) is 155 Å². The summed E-state index contributed by atoms with van der Waals surface area (Å²) in [4.78, 5) is 45.8. The van der Waals surface area contributed by atoms with Gasteiger partial charge in [0.15, 0.2) is 52.4 Å². The van der Waals surface area contributed by atoms with Gasteiger partial charge in [0.05, 0.1) is 5.56 Å². The lowest BCUT2D eigenvalue weighted by atomic mass is 9.97. The van der Waals surface area contributed by atoms with Crippen molar-refractivity contribution in [3.63, 3.8) is 0 Å². The third kappa shape index (κ3) is 15.8. The Morgan fingerprint density at radius 2 is 0.374 bits per heavy atom. The number of fused-ring (bicyclic) bond motifs is 18. The highest BCUT2D eigenvalue weighted by Crippen LogP contribution is 2.45. The molecule has 0 saturated heterocycles. The minimum atomic E-state index is 0.570. The molecule has 30 aromatic rings. The lowest BCUT2D eigenvalue weighted by molar-refractivity contribution is 0.669. The van der Waals surface area contributed by atoms with E-state index in [0.29, 0.717) is 52.4 Å². The molecule has 0 radical (unpaired) electrons. The molecule has 0 bridgehead atoms. The molecule has 0 unspecified atom stereocenters. The predicted molar refractivity (Wildman–Crippen MR) is 604 cm³/mol. The van der Waals surface area contributed by atoms with E-state index in [1.165, 1.54) is 75.9 Å². The third-order valence-corrected chi connectivity index (χ3v) is 28.5. The van der Waals surface area contributed by atoms with Crippen molar-refractivity contribution in [2.45, 2.75) is 0 Å². The summed E-state index contributed by atoms with van der Waals surface area (Å²) in [7, 11) is 0. The van der Waals surface area contributed by atoms with Crippen LogP contribution in [0.2, 0.25) is 0 Å². The van der Waals surface area contributed by atoms with E-state index in [1.807, 2.05) is 24.3 Å². The molecule has 0 fully saturated rings.